The van der Waals surface area contributed by atoms with Gasteiger partial charge in [-0.05, 0) is 93.1 Å². The van der Waals surface area contributed by atoms with E-state index < -0.39 is 0 Å². The molecule has 6 aromatic carbocycles. The Morgan fingerprint density at radius 2 is 0.846 bits per heavy atom. The van der Waals surface area contributed by atoms with E-state index in [0.29, 0.717) is 24.4 Å². The van der Waals surface area contributed by atoms with Crippen molar-refractivity contribution < 1.29 is 18.3 Å². The Morgan fingerprint density at radius 1 is 0.415 bits per heavy atom. The Hall–Kier alpha value is -8.64. The first-order chi connectivity index (χ1) is 31.8. The van der Waals surface area contributed by atoms with E-state index in [4.69, 9.17) is 18.3 Å². The Labute approximate surface area is 373 Å². The van der Waals surface area contributed by atoms with Crippen LogP contribution in [-0.2, 0) is 0 Å². The number of ether oxygens (including phenoxy) is 2. The monoisotopic (exact) mass is 860 g/mol. The van der Waals surface area contributed by atoms with E-state index in [1.165, 1.54) is 12.1 Å². The van der Waals surface area contributed by atoms with E-state index in [-0.39, 0.29) is 11.3 Å². The molecule has 322 valence electrons. The Kier molecular flexibility index (Phi) is 15.3. The number of para-hydroxylation sites is 10. The number of benzene rings is 6. The summed E-state index contributed by atoms with van der Waals surface area (Å²) in [4.78, 5) is 47.0. The summed E-state index contributed by atoms with van der Waals surface area (Å²) in [6.07, 6.45) is 6.95. The molecule has 0 atom stereocenters. The van der Waals surface area contributed by atoms with Crippen LogP contribution in [0.3, 0.4) is 0 Å². The van der Waals surface area contributed by atoms with Crippen molar-refractivity contribution in [1.82, 2.24) is 29.9 Å². The first kappa shape index (κ1) is 44.4. The van der Waals surface area contributed by atoms with Crippen LogP contribution < -0.4 is 20.7 Å². The summed E-state index contributed by atoms with van der Waals surface area (Å²) in [7, 11) is 0. The minimum atomic E-state index is -0.302. The van der Waals surface area contributed by atoms with Gasteiger partial charge in [-0.1, -0.05) is 84.9 Å². The normalized spacial score (nSPS) is 10.9. The van der Waals surface area contributed by atoms with Crippen LogP contribution in [-0.4, -0.2) is 43.1 Å². The van der Waals surface area contributed by atoms with Crippen LogP contribution in [0.5, 0.6) is 11.5 Å². The fraction of sp³-hybridized carbons (Fsp3) is 0.0943. The highest BCUT2D eigenvalue weighted by Crippen LogP contribution is 2.28. The van der Waals surface area contributed by atoms with Gasteiger partial charge in [0.25, 0.3) is 0 Å². The van der Waals surface area contributed by atoms with Crippen molar-refractivity contribution in [3.8, 4) is 11.5 Å². The average Bonchev–Trinajstić information content (AvgIpc) is 3.35. The molecule has 0 aliphatic carbocycles. The molecule has 0 unspecified atom stereocenters. The summed E-state index contributed by atoms with van der Waals surface area (Å²) >= 11 is 0. The van der Waals surface area contributed by atoms with Gasteiger partial charge in [0, 0.05) is 47.7 Å². The molecule has 5 aromatic heterocycles. The van der Waals surface area contributed by atoms with E-state index in [2.05, 4.69) is 29.9 Å². The van der Waals surface area contributed by atoms with E-state index in [0.717, 1.165) is 72.3 Å². The van der Waals surface area contributed by atoms with E-state index >= 15 is 0 Å². The third kappa shape index (κ3) is 12.9. The molecule has 0 spiro atoms. The fourth-order valence-electron chi connectivity index (χ4n) is 6.29. The van der Waals surface area contributed by atoms with Gasteiger partial charge in [-0.25, -0.2) is 19.6 Å². The molecule has 0 saturated carbocycles. The smallest absolute Gasteiger partial charge is 0.336 e. The van der Waals surface area contributed by atoms with Crippen molar-refractivity contribution in [3.63, 3.8) is 0 Å². The molecule has 1 aliphatic heterocycles. The van der Waals surface area contributed by atoms with Crippen molar-refractivity contribution in [1.29, 1.82) is 0 Å². The molecule has 0 fully saturated rings. The van der Waals surface area contributed by atoms with Crippen LogP contribution in [0.1, 0.15) is 17.0 Å². The van der Waals surface area contributed by atoms with E-state index in [1.807, 2.05) is 154 Å². The standard InChI is InChI=1S/C10H8O2.2C9H8N2.C9H6O2.C8H6N2.C8H8O2/c1-7-6-10(11)12-9-5-3-2-4-8(7)9;2*1-7-6-10-8-4-2-3-5-9(8)11-7;10-9-6-5-7-3-1-2-4-8(7)11-9;2*1-2-4-8-7(3-1)9-5-6-10-8/h2-6H,1H3;2*2-6H,1H3;1-6H;1-6H;1-4H,5-6H2. The molecule has 12 heteroatoms. The van der Waals surface area contributed by atoms with Crippen molar-refractivity contribution in [2.45, 2.75) is 20.8 Å². The van der Waals surface area contributed by atoms with Crippen LogP contribution in [0.15, 0.2) is 207 Å². The highest BCUT2D eigenvalue weighted by atomic mass is 16.6. The third-order valence-corrected chi connectivity index (χ3v) is 9.35. The van der Waals surface area contributed by atoms with E-state index in [1.54, 1.807) is 43.0 Å². The number of fused-ring (bicyclic) bond motifs is 6. The Balaban J connectivity index is 0.000000116. The molecule has 6 heterocycles. The van der Waals surface area contributed by atoms with Crippen molar-refractivity contribution >= 4 is 55.0 Å². The largest absolute Gasteiger partial charge is 0.486 e. The molecule has 1 aliphatic rings. The molecular formula is C53H44N6O6. The summed E-state index contributed by atoms with van der Waals surface area (Å²) in [6.45, 7) is 7.12. The lowest BCUT2D eigenvalue weighted by Crippen LogP contribution is -2.14. The summed E-state index contributed by atoms with van der Waals surface area (Å²) < 4.78 is 20.5. The van der Waals surface area contributed by atoms with Gasteiger partial charge in [-0.2, -0.15) is 0 Å². The van der Waals surface area contributed by atoms with Crippen molar-refractivity contribution in [2.75, 3.05) is 13.2 Å². The molecule has 0 radical (unpaired) electrons. The lowest BCUT2D eigenvalue weighted by atomic mass is 10.1. The summed E-state index contributed by atoms with van der Waals surface area (Å²) in [6, 6.07) is 50.8. The zero-order valence-electron chi connectivity index (χ0n) is 35.9. The molecule has 0 saturated heterocycles. The molecular weight excluding hydrogens is 817 g/mol. The maximum atomic E-state index is 10.9. The van der Waals surface area contributed by atoms with Gasteiger partial charge in [-0.15, -0.1) is 0 Å². The van der Waals surface area contributed by atoms with Crippen molar-refractivity contribution in [2.24, 2.45) is 0 Å². The second-order valence-electron chi connectivity index (χ2n) is 14.2. The van der Waals surface area contributed by atoms with Gasteiger partial charge in [0.1, 0.15) is 24.4 Å². The molecule has 0 N–H and O–H groups in total. The number of nitrogens with zero attached hydrogens (tertiary/aromatic N) is 6. The lowest BCUT2D eigenvalue weighted by Gasteiger charge is -2.17. The van der Waals surface area contributed by atoms with Gasteiger partial charge in [0.15, 0.2) is 11.5 Å². The molecule has 12 nitrogen and oxygen atoms in total. The maximum Gasteiger partial charge on any atom is 0.336 e. The Bertz CT molecular complexity index is 3240. The van der Waals surface area contributed by atoms with Crippen LogP contribution in [0, 0.1) is 20.8 Å². The number of aryl methyl sites for hydroxylation is 3. The van der Waals surface area contributed by atoms with Gasteiger partial charge < -0.3 is 18.3 Å². The van der Waals surface area contributed by atoms with Gasteiger partial charge in [0.05, 0.1) is 44.5 Å². The zero-order chi connectivity index (χ0) is 45.2. The summed E-state index contributed by atoms with van der Waals surface area (Å²) in [5.74, 6) is 1.71. The lowest BCUT2D eigenvalue weighted by molar-refractivity contribution is 0.171. The first-order valence-corrected chi connectivity index (χ1v) is 20.6. The molecule has 11 aromatic rings. The number of hydrogen-bond acceptors (Lipinski definition) is 12. The van der Waals surface area contributed by atoms with Crippen LogP contribution in [0.2, 0.25) is 0 Å². The molecule has 0 amide bonds. The van der Waals surface area contributed by atoms with Gasteiger partial charge in [-0.3, -0.25) is 19.9 Å². The van der Waals surface area contributed by atoms with Gasteiger partial charge >= 0.3 is 11.3 Å². The van der Waals surface area contributed by atoms with Crippen molar-refractivity contribution in [3.05, 3.63) is 226 Å². The predicted molar refractivity (Wildman–Crippen MR) is 255 cm³/mol. The third-order valence-electron chi connectivity index (χ3n) is 9.35. The minimum Gasteiger partial charge on any atom is -0.486 e. The zero-order valence-corrected chi connectivity index (χ0v) is 35.9. The summed E-state index contributed by atoms with van der Waals surface area (Å²) in [5.41, 5.74) is 9.33. The molecule has 12 rings (SSSR count). The Morgan fingerprint density at radius 3 is 1.40 bits per heavy atom. The summed E-state index contributed by atoms with van der Waals surface area (Å²) in [5, 5.41) is 1.95. The number of rotatable bonds is 0. The van der Waals surface area contributed by atoms with Crippen LogP contribution >= 0.6 is 0 Å². The molecule has 65 heavy (non-hydrogen) atoms. The van der Waals surface area contributed by atoms with E-state index in [9.17, 15) is 9.59 Å². The average molecular weight is 861 g/mol. The SMILES string of the molecule is Cc1cc(=O)oc2ccccc12.Cc1cnc2ccccc2n1.Cc1cnc2ccccc2n1.O=c1ccc2ccccc2o1.c1ccc2c(c1)OCCO2.c1ccc2nccnc2c1. The minimum absolute atomic E-state index is 0.286. The topological polar surface area (TPSA) is 156 Å². The second-order valence-corrected chi connectivity index (χ2v) is 14.2. The number of aromatic nitrogens is 6. The first-order valence-electron chi connectivity index (χ1n) is 20.6. The molecule has 0 bridgehead atoms. The quantitative estimate of drug-likeness (QED) is 0.133. The van der Waals surface area contributed by atoms with Crippen LogP contribution in [0.4, 0.5) is 0 Å². The fourth-order valence-corrected chi connectivity index (χ4v) is 6.29. The van der Waals surface area contributed by atoms with Crippen LogP contribution in [0.25, 0.3) is 55.0 Å². The highest BCUT2D eigenvalue weighted by molar-refractivity contribution is 5.80. The van der Waals surface area contributed by atoms with Gasteiger partial charge in [0.2, 0.25) is 0 Å². The number of hydrogen-bond donors (Lipinski definition) is 0. The predicted octanol–water partition coefficient (Wildman–Crippen LogP) is 10.9. The second kappa shape index (κ2) is 22.5. The highest BCUT2D eigenvalue weighted by Gasteiger charge is 2.08. The maximum absolute atomic E-state index is 10.9.